The van der Waals surface area contributed by atoms with Crippen molar-refractivity contribution in [2.75, 3.05) is 24.4 Å². The van der Waals surface area contributed by atoms with Crippen molar-refractivity contribution < 1.29 is 0 Å². The molecule has 0 fully saturated rings. The largest absolute Gasteiger partial charge is 0.388 e. The first kappa shape index (κ1) is 11.1. The van der Waals surface area contributed by atoms with Crippen molar-refractivity contribution in [3.05, 3.63) is 29.8 Å². The van der Waals surface area contributed by atoms with Crippen LogP contribution < -0.4 is 10.3 Å². The van der Waals surface area contributed by atoms with Gasteiger partial charge in [-0.1, -0.05) is 17.2 Å². The number of aromatic nitrogens is 4. The summed E-state index contributed by atoms with van der Waals surface area (Å²) in [4.78, 5) is 0. The normalized spacial score (nSPS) is 10.7. The molecule has 17 heavy (non-hydrogen) atoms. The molecule has 7 heteroatoms. The third-order valence-corrected chi connectivity index (χ3v) is 2.20. The summed E-state index contributed by atoms with van der Waals surface area (Å²) in [6, 6.07) is 7.91. The highest BCUT2D eigenvalue weighted by molar-refractivity contribution is 5.80. The second-order valence-corrected chi connectivity index (χ2v) is 3.35. The van der Waals surface area contributed by atoms with Crippen molar-refractivity contribution in [1.29, 1.82) is 0 Å². The molecule has 7 nitrogen and oxygen atoms in total. The number of hydrazone groups is 1. The minimum atomic E-state index is 0.424. The molecule has 1 aromatic heterocycles. The van der Waals surface area contributed by atoms with Gasteiger partial charge in [0.1, 0.15) is 0 Å². The standard InChI is InChI=1S/C10H13N7/c1-11-9-5-3-8(4-6-9)7-12-17(2)10-13-15-16-14-10/h3-7,11H,1-2H3,(H,13,14,15,16). The van der Waals surface area contributed by atoms with E-state index in [-0.39, 0.29) is 0 Å². The van der Waals surface area contributed by atoms with Gasteiger partial charge in [-0.2, -0.15) is 10.3 Å². The van der Waals surface area contributed by atoms with E-state index in [2.05, 4.69) is 31.0 Å². The summed E-state index contributed by atoms with van der Waals surface area (Å²) in [6.07, 6.45) is 1.73. The van der Waals surface area contributed by atoms with Crippen LogP contribution in [0.3, 0.4) is 0 Å². The number of benzene rings is 1. The van der Waals surface area contributed by atoms with E-state index in [1.54, 1.807) is 13.3 Å². The maximum Gasteiger partial charge on any atom is 0.285 e. The summed E-state index contributed by atoms with van der Waals surface area (Å²) in [7, 11) is 3.64. The third kappa shape index (κ3) is 2.77. The Morgan fingerprint density at radius 2 is 2.12 bits per heavy atom. The van der Waals surface area contributed by atoms with E-state index in [4.69, 9.17) is 0 Å². The van der Waals surface area contributed by atoms with Crippen LogP contribution in [0.5, 0.6) is 0 Å². The van der Waals surface area contributed by atoms with Crippen LogP contribution in [-0.2, 0) is 0 Å². The number of aromatic amines is 1. The summed E-state index contributed by atoms with van der Waals surface area (Å²) in [6.45, 7) is 0. The fourth-order valence-corrected chi connectivity index (χ4v) is 1.23. The minimum absolute atomic E-state index is 0.424. The molecule has 0 saturated heterocycles. The van der Waals surface area contributed by atoms with Gasteiger partial charge in [0.2, 0.25) is 0 Å². The summed E-state index contributed by atoms with van der Waals surface area (Å²) in [5, 5.41) is 22.2. The molecule has 0 atom stereocenters. The Balaban J connectivity index is 2.04. The number of hydrogen-bond acceptors (Lipinski definition) is 6. The number of anilines is 2. The number of hydrogen-bond donors (Lipinski definition) is 2. The Morgan fingerprint density at radius 1 is 1.35 bits per heavy atom. The quantitative estimate of drug-likeness (QED) is 0.598. The maximum absolute atomic E-state index is 4.20. The van der Waals surface area contributed by atoms with Gasteiger partial charge < -0.3 is 5.32 Å². The lowest BCUT2D eigenvalue weighted by Gasteiger charge is -2.05. The Labute approximate surface area is 98.5 Å². The van der Waals surface area contributed by atoms with Crippen molar-refractivity contribution in [3.63, 3.8) is 0 Å². The topological polar surface area (TPSA) is 82.1 Å². The molecular weight excluding hydrogens is 218 g/mol. The highest BCUT2D eigenvalue weighted by Crippen LogP contribution is 2.07. The number of tetrazole rings is 1. The van der Waals surface area contributed by atoms with Crippen LogP contribution in [0.4, 0.5) is 11.6 Å². The van der Waals surface area contributed by atoms with Gasteiger partial charge in [-0.3, -0.25) is 0 Å². The first-order chi connectivity index (χ1) is 8.29. The molecule has 88 valence electrons. The number of nitrogens with zero attached hydrogens (tertiary/aromatic N) is 5. The van der Waals surface area contributed by atoms with Gasteiger partial charge in [-0.15, -0.1) is 5.10 Å². The maximum atomic E-state index is 4.20. The molecule has 2 rings (SSSR count). The molecule has 2 N–H and O–H groups in total. The van der Waals surface area contributed by atoms with Crippen LogP contribution in [0.25, 0.3) is 0 Å². The Kier molecular flexibility index (Phi) is 3.29. The molecule has 1 aromatic carbocycles. The zero-order valence-electron chi connectivity index (χ0n) is 9.62. The second kappa shape index (κ2) is 5.06. The van der Waals surface area contributed by atoms with E-state index in [9.17, 15) is 0 Å². The van der Waals surface area contributed by atoms with Gasteiger partial charge in [-0.05, 0) is 22.9 Å². The van der Waals surface area contributed by atoms with Gasteiger partial charge in [0.05, 0.1) is 6.21 Å². The van der Waals surface area contributed by atoms with Crippen LogP contribution in [0.2, 0.25) is 0 Å². The lowest BCUT2D eigenvalue weighted by atomic mass is 10.2. The highest BCUT2D eigenvalue weighted by atomic mass is 15.6. The van der Waals surface area contributed by atoms with Crippen molar-refractivity contribution in [3.8, 4) is 0 Å². The fraction of sp³-hybridized carbons (Fsp3) is 0.200. The second-order valence-electron chi connectivity index (χ2n) is 3.35. The average molecular weight is 231 g/mol. The minimum Gasteiger partial charge on any atom is -0.388 e. The van der Waals surface area contributed by atoms with Crippen LogP contribution in [0, 0.1) is 0 Å². The smallest absolute Gasteiger partial charge is 0.285 e. The predicted molar refractivity (Wildman–Crippen MR) is 66.2 cm³/mol. The Morgan fingerprint density at radius 3 is 2.71 bits per heavy atom. The van der Waals surface area contributed by atoms with Gasteiger partial charge in [-0.25, -0.2) is 5.01 Å². The molecule has 0 aliphatic rings. The number of nitrogens with one attached hydrogen (secondary N) is 2. The predicted octanol–water partition coefficient (Wildman–Crippen LogP) is 0.712. The monoisotopic (exact) mass is 231 g/mol. The Bertz CT molecular complexity index is 474. The van der Waals surface area contributed by atoms with Crippen LogP contribution in [0.1, 0.15) is 5.56 Å². The van der Waals surface area contributed by atoms with Crippen molar-refractivity contribution >= 4 is 17.9 Å². The van der Waals surface area contributed by atoms with Gasteiger partial charge in [0, 0.05) is 19.8 Å². The van der Waals surface area contributed by atoms with Gasteiger partial charge >= 0.3 is 0 Å². The molecule has 0 aliphatic heterocycles. The van der Waals surface area contributed by atoms with E-state index < -0.39 is 0 Å². The number of rotatable bonds is 4. The molecule has 0 spiro atoms. The van der Waals surface area contributed by atoms with E-state index in [1.807, 2.05) is 31.3 Å². The molecule has 0 bridgehead atoms. The van der Waals surface area contributed by atoms with Crippen molar-refractivity contribution in [1.82, 2.24) is 20.6 Å². The molecule has 0 unspecified atom stereocenters. The van der Waals surface area contributed by atoms with Crippen LogP contribution in [0.15, 0.2) is 29.4 Å². The molecule has 1 heterocycles. The van der Waals surface area contributed by atoms with E-state index in [0.717, 1.165) is 11.3 Å². The zero-order chi connectivity index (χ0) is 12.1. The van der Waals surface area contributed by atoms with Crippen molar-refractivity contribution in [2.45, 2.75) is 0 Å². The summed E-state index contributed by atoms with van der Waals surface area (Å²) < 4.78 is 0. The average Bonchev–Trinajstić information content (AvgIpc) is 2.90. The zero-order valence-corrected chi connectivity index (χ0v) is 9.62. The molecule has 2 aromatic rings. The summed E-state index contributed by atoms with van der Waals surface area (Å²) in [5.74, 6) is 0.424. The highest BCUT2D eigenvalue weighted by Gasteiger charge is 2.01. The van der Waals surface area contributed by atoms with E-state index >= 15 is 0 Å². The van der Waals surface area contributed by atoms with Crippen LogP contribution in [-0.4, -0.2) is 40.9 Å². The first-order valence-electron chi connectivity index (χ1n) is 5.08. The van der Waals surface area contributed by atoms with Gasteiger partial charge in [0.25, 0.3) is 5.95 Å². The summed E-state index contributed by atoms with van der Waals surface area (Å²) >= 11 is 0. The molecule has 0 radical (unpaired) electrons. The summed E-state index contributed by atoms with van der Waals surface area (Å²) in [5.41, 5.74) is 2.06. The molecule has 0 amide bonds. The molecular formula is C10H13N7. The van der Waals surface area contributed by atoms with E-state index in [1.165, 1.54) is 5.01 Å². The van der Waals surface area contributed by atoms with Crippen molar-refractivity contribution in [2.24, 2.45) is 5.10 Å². The molecule has 0 aliphatic carbocycles. The van der Waals surface area contributed by atoms with Gasteiger partial charge in [0.15, 0.2) is 0 Å². The third-order valence-electron chi connectivity index (χ3n) is 2.20. The lowest BCUT2D eigenvalue weighted by Crippen LogP contribution is -2.10. The fourth-order valence-electron chi connectivity index (χ4n) is 1.23. The van der Waals surface area contributed by atoms with E-state index in [0.29, 0.717) is 5.95 Å². The lowest BCUT2D eigenvalue weighted by molar-refractivity contribution is 0.881. The molecule has 0 saturated carbocycles. The SMILES string of the molecule is CNc1ccc(C=NN(C)c2nn[nH]n2)cc1. The number of H-pyrrole nitrogens is 1. The Hall–Kier alpha value is -2.44. The first-order valence-corrected chi connectivity index (χ1v) is 5.08. The van der Waals surface area contributed by atoms with Crippen LogP contribution >= 0.6 is 0 Å².